The number of hydrogen-bond acceptors (Lipinski definition) is 8. The second kappa shape index (κ2) is 15.0. The Kier molecular flexibility index (Phi) is 9.82. The van der Waals surface area contributed by atoms with Gasteiger partial charge in [0.05, 0.1) is 12.7 Å². The van der Waals surface area contributed by atoms with Crippen LogP contribution in [0.15, 0.2) is 60.7 Å². The maximum Gasteiger partial charge on any atom is 0.255 e. The van der Waals surface area contributed by atoms with Gasteiger partial charge >= 0.3 is 0 Å². The number of carbonyl (C=O) groups is 3. The second-order valence-corrected chi connectivity index (χ2v) is 16.6. The van der Waals surface area contributed by atoms with Gasteiger partial charge in [0.25, 0.3) is 5.91 Å². The van der Waals surface area contributed by atoms with Crippen molar-refractivity contribution in [2.45, 2.75) is 89.0 Å². The van der Waals surface area contributed by atoms with Crippen LogP contribution in [0.1, 0.15) is 96.3 Å². The third kappa shape index (κ3) is 6.99. The molecule has 2 N–H and O–H groups in total. The van der Waals surface area contributed by atoms with Crippen molar-refractivity contribution in [2.24, 2.45) is 11.8 Å². The lowest BCUT2D eigenvalue weighted by Gasteiger charge is -2.41. The molecule has 0 aromatic heterocycles. The average molecular weight is 732 g/mol. The Morgan fingerprint density at radius 2 is 1.48 bits per heavy atom. The van der Waals surface area contributed by atoms with E-state index in [2.05, 4.69) is 56.4 Å². The molecule has 1 aliphatic carbocycles. The SMILES string of the molecule is O=C1CC[C@H](N2Cc3cc(N4CCN(CC5CCN(c6ccc([C@H]7c8ccc(O)cc8CO[C@@H]7C7CCCCC7)cc6)CC5)CC4)ccc3C2=O)C(=O)N1. The first-order valence-electron chi connectivity index (χ1n) is 20.4. The van der Waals surface area contributed by atoms with Crippen molar-refractivity contribution in [1.82, 2.24) is 15.1 Å². The number of imide groups is 1. The first kappa shape index (κ1) is 35.3. The van der Waals surface area contributed by atoms with Gasteiger partial charge in [-0.1, -0.05) is 37.5 Å². The number of ether oxygens (including phenoxy) is 1. The van der Waals surface area contributed by atoms with Crippen LogP contribution in [0.3, 0.4) is 0 Å². The van der Waals surface area contributed by atoms with E-state index in [0.717, 1.165) is 62.6 Å². The molecule has 284 valence electrons. The van der Waals surface area contributed by atoms with Crippen LogP contribution in [0.5, 0.6) is 5.75 Å². The zero-order valence-corrected chi connectivity index (χ0v) is 31.3. The van der Waals surface area contributed by atoms with E-state index in [1.54, 1.807) is 4.90 Å². The highest BCUT2D eigenvalue weighted by Gasteiger charge is 2.40. The van der Waals surface area contributed by atoms with Crippen molar-refractivity contribution in [3.05, 3.63) is 88.5 Å². The van der Waals surface area contributed by atoms with E-state index >= 15 is 0 Å². The van der Waals surface area contributed by atoms with Gasteiger partial charge in [-0.2, -0.15) is 0 Å². The number of fused-ring (bicyclic) bond motifs is 2. The second-order valence-electron chi connectivity index (χ2n) is 16.6. The summed E-state index contributed by atoms with van der Waals surface area (Å²) >= 11 is 0. The molecule has 54 heavy (non-hydrogen) atoms. The molecule has 0 radical (unpaired) electrons. The third-order valence-corrected chi connectivity index (χ3v) is 13.3. The molecule has 6 aliphatic rings. The zero-order valence-electron chi connectivity index (χ0n) is 31.3. The maximum absolute atomic E-state index is 13.2. The number of phenols is 1. The Bertz CT molecular complexity index is 1880. The first-order valence-corrected chi connectivity index (χ1v) is 20.4. The molecule has 5 heterocycles. The molecule has 10 nitrogen and oxygen atoms in total. The molecule has 0 unspecified atom stereocenters. The number of carbonyl (C=O) groups excluding carboxylic acids is 3. The smallest absolute Gasteiger partial charge is 0.255 e. The maximum atomic E-state index is 13.2. The van der Waals surface area contributed by atoms with Crippen molar-refractivity contribution in [2.75, 3.05) is 55.6 Å². The van der Waals surface area contributed by atoms with E-state index < -0.39 is 6.04 Å². The summed E-state index contributed by atoms with van der Waals surface area (Å²) in [4.78, 5) is 46.5. The number of benzene rings is 3. The summed E-state index contributed by atoms with van der Waals surface area (Å²) in [5, 5.41) is 12.6. The van der Waals surface area contributed by atoms with Crippen molar-refractivity contribution >= 4 is 29.1 Å². The normalized spacial score (nSPS) is 25.8. The van der Waals surface area contributed by atoms with Gasteiger partial charge in [0.2, 0.25) is 11.8 Å². The summed E-state index contributed by atoms with van der Waals surface area (Å²) in [5.41, 5.74) is 7.81. The minimum Gasteiger partial charge on any atom is -0.508 e. The minimum atomic E-state index is -0.584. The predicted octanol–water partition coefficient (Wildman–Crippen LogP) is 5.80. The average Bonchev–Trinajstić information content (AvgIpc) is 3.53. The van der Waals surface area contributed by atoms with Gasteiger partial charge in [0.15, 0.2) is 0 Å². The van der Waals surface area contributed by atoms with Gasteiger partial charge in [0, 0.05) is 81.6 Å². The standard InChI is InChI=1S/C44H53N5O5/c50-36-11-13-37-33(25-36)28-54-42(31-4-2-1-3-5-31)41(37)30-6-8-34(9-7-30)47-18-16-29(17-19-47)26-46-20-22-48(23-21-46)35-10-12-38-32(24-35)27-49(44(38)53)39-14-15-40(51)45-43(39)52/h6-13,24-25,29,31,39,41-42,50H,1-5,14-23,26-28H2,(H,45,51,52)/t39-,41-,42+/m0/s1. The van der Waals surface area contributed by atoms with Gasteiger partial charge in [-0.15, -0.1) is 0 Å². The Morgan fingerprint density at radius 1 is 0.741 bits per heavy atom. The molecule has 0 bridgehead atoms. The van der Waals surface area contributed by atoms with Crippen LogP contribution in [-0.4, -0.2) is 90.6 Å². The molecular formula is C44H53N5O5. The van der Waals surface area contributed by atoms with Crippen LogP contribution in [0, 0.1) is 11.8 Å². The molecule has 3 saturated heterocycles. The summed E-state index contributed by atoms with van der Waals surface area (Å²) in [5.74, 6) is 1.03. The number of aromatic hydroxyl groups is 1. The molecular weight excluding hydrogens is 679 g/mol. The third-order valence-electron chi connectivity index (χ3n) is 13.3. The predicted molar refractivity (Wildman–Crippen MR) is 208 cm³/mol. The Morgan fingerprint density at radius 3 is 2.24 bits per heavy atom. The quantitative estimate of drug-likeness (QED) is 0.294. The van der Waals surface area contributed by atoms with Gasteiger partial charge in [-0.25, -0.2) is 0 Å². The van der Waals surface area contributed by atoms with Crippen LogP contribution in [0.25, 0.3) is 0 Å². The molecule has 3 aromatic rings. The molecule has 3 atom stereocenters. The largest absolute Gasteiger partial charge is 0.508 e. The van der Waals surface area contributed by atoms with Gasteiger partial charge in [-0.05, 0) is 109 Å². The highest BCUT2D eigenvalue weighted by atomic mass is 16.5. The monoisotopic (exact) mass is 731 g/mol. The highest BCUT2D eigenvalue weighted by molar-refractivity contribution is 6.05. The van der Waals surface area contributed by atoms with Crippen molar-refractivity contribution in [3.8, 4) is 5.75 Å². The molecule has 3 amide bonds. The zero-order chi connectivity index (χ0) is 36.8. The number of piperidine rings is 2. The lowest BCUT2D eigenvalue weighted by atomic mass is 9.73. The fourth-order valence-electron chi connectivity index (χ4n) is 10.3. The van der Waals surface area contributed by atoms with E-state index in [4.69, 9.17) is 4.74 Å². The molecule has 0 spiro atoms. The molecule has 10 heteroatoms. The Labute approximate surface area is 318 Å². The number of anilines is 2. The van der Waals surface area contributed by atoms with Crippen molar-refractivity contribution in [3.63, 3.8) is 0 Å². The molecule has 4 fully saturated rings. The van der Waals surface area contributed by atoms with Crippen LogP contribution in [-0.2, 0) is 27.5 Å². The number of rotatable bonds is 7. The Balaban J connectivity index is 0.773. The summed E-state index contributed by atoms with van der Waals surface area (Å²) in [6, 6.07) is 20.7. The summed E-state index contributed by atoms with van der Waals surface area (Å²) in [6.45, 7) is 8.23. The first-order chi connectivity index (χ1) is 26.4. The van der Waals surface area contributed by atoms with E-state index in [1.807, 2.05) is 24.3 Å². The number of nitrogens with one attached hydrogen (secondary N) is 1. The lowest BCUT2D eigenvalue weighted by molar-refractivity contribution is -0.136. The molecule has 5 aliphatic heterocycles. The van der Waals surface area contributed by atoms with Gasteiger partial charge in [-0.3, -0.25) is 24.6 Å². The minimum absolute atomic E-state index is 0.120. The van der Waals surface area contributed by atoms with Crippen molar-refractivity contribution < 1.29 is 24.2 Å². The van der Waals surface area contributed by atoms with Crippen molar-refractivity contribution in [1.29, 1.82) is 0 Å². The number of nitrogens with zero attached hydrogens (tertiary/aromatic N) is 4. The van der Waals surface area contributed by atoms with Gasteiger partial charge in [0.1, 0.15) is 11.8 Å². The summed E-state index contributed by atoms with van der Waals surface area (Å²) < 4.78 is 6.60. The fourth-order valence-corrected chi connectivity index (χ4v) is 10.3. The van der Waals surface area contributed by atoms with E-state index in [-0.39, 0.29) is 36.2 Å². The summed E-state index contributed by atoms with van der Waals surface area (Å²) in [6.07, 6.45) is 9.62. The lowest BCUT2D eigenvalue weighted by Crippen LogP contribution is -2.52. The molecule has 1 saturated carbocycles. The van der Waals surface area contributed by atoms with Gasteiger partial charge < -0.3 is 24.5 Å². The number of phenolic OH excluding ortho intramolecular Hbond substituents is 1. The molecule has 9 rings (SSSR count). The number of hydrogen-bond donors (Lipinski definition) is 2. The van der Waals surface area contributed by atoms with E-state index in [0.29, 0.717) is 42.7 Å². The van der Waals surface area contributed by atoms with Crippen LogP contribution in [0.2, 0.25) is 0 Å². The number of amides is 3. The van der Waals surface area contributed by atoms with E-state index in [9.17, 15) is 19.5 Å². The highest BCUT2D eigenvalue weighted by Crippen LogP contribution is 2.44. The topological polar surface area (TPSA) is 106 Å². The van der Waals surface area contributed by atoms with Crippen LogP contribution >= 0.6 is 0 Å². The number of piperazine rings is 1. The van der Waals surface area contributed by atoms with Crippen LogP contribution < -0.4 is 15.1 Å². The fraction of sp³-hybridized carbons (Fsp3) is 0.523. The van der Waals surface area contributed by atoms with Crippen LogP contribution in [0.4, 0.5) is 11.4 Å². The Hall–Kier alpha value is -4.41. The summed E-state index contributed by atoms with van der Waals surface area (Å²) in [7, 11) is 0. The van der Waals surface area contributed by atoms with E-state index in [1.165, 1.54) is 61.8 Å². The molecule has 3 aromatic carbocycles.